The lowest BCUT2D eigenvalue weighted by atomic mass is 9.93. The van der Waals surface area contributed by atoms with Crippen LogP contribution in [0.1, 0.15) is 42.7 Å². The molecule has 0 unspecified atom stereocenters. The molecule has 0 radical (unpaired) electrons. The second-order valence-corrected chi connectivity index (χ2v) is 4.27. The number of aromatic nitrogens is 1. The maximum Gasteiger partial charge on any atom is 0.270 e. The summed E-state index contributed by atoms with van der Waals surface area (Å²) in [7, 11) is 0. The minimum absolute atomic E-state index is 0.0579. The molecule has 0 saturated carbocycles. The molecule has 4 heteroatoms. The summed E-state index contributed by atoms with van der Waals surface area (Å²) < 4.78 is 0. The van der Waals surface area contributed by atoms with Crippen molar-refractivity contribution in [3.8, 4) is 0 Å². The Kier molecular flexibility index (Phi) is 4.63. The first-order valence-corrected chi connectivity index (χ1v) is 5.93. The average Bonchev–Trinajstić information content (AvgIpc) is 2.36. The molecule has 1 aromatic rings. The number of carbonyl (C=O) groups is 1. The fourth-order valence-electron chi connectivity index (χ4n) is 1.71. The van der Waals surface area contributed by atoms with Crippen molar-refractivity contribution >= 4 is 5.91 Å². The van der Waals surface area contributed by atoms with E-state index in [2.05, 4.69) is 10.3 Å². The third kappa shape index (κ3) is 3.03. The quantitative estimate of drug-likeness (QED) is 0.817. The van der Waals surface area contributed by atoms with Crippen LogP contribution in [-0.4, -0.2) is 28.1 Å². The van der Waals surface area contributed by atoms with E-state index < -0.39 is 5.54 Å². The van der Waals surface area contributed by atoms with E-state index in [1.54, 1.807) is 12.3 Å². The van der Waals surface area contributed by atoms with Gasteiger partial charge in [0.25, 0.3) is 5.91 Å². The van der Waals surface area contributed by atoms with Crippen molar-refractivity contribution < 1.29 is 9.90 Å². The molecule has 0 aliphatic rings. The van der Waals surface area contributed by atoms with Gasteiger partial charge in [-0.25, -0.2) is 0 Å². The third-order valence-corrected chi connectivity index (χ3v) is 3.26. The molecule has 0 bridgehead atoms. The minimum atomic E-state index is -0.541. The highest BCUT2D eigenvalue weighted by Gasteiger charge is 2.28. The molecule has 4 nitrogen and oxygen atoms in total. The van der Waals surface area contributed by atoms with Crippen LogP contribution in [0.5, 0.6) is 0 Å². The zero-order valence-corrected chi connectivity index (χ0v) is 10.7. The first kappa shape index (κ1) is 13.6. The number of hydrogen-bond acceptors (Lipinski definition) is 3. The van der Waals surface area contributed by atoms with Crippen LogP contribution >= 0.6 is 0 Å². The summed E-state index contributed by atoms with van der Waals surface area (Å²) in [6, 6.07) is 3.64. The van der Waals surface area contributed by atoms with E-state index in [1.165, 1.54) is 0 Å². The third-order valence-electron chi connectivity index (χ3n) is 3.26. The number of aliphatic hydroxyl groups is 1. The van der Waals surface area contributed by atoms with Crippen molar-refractivity contribution in [2.45, 2.75) is 39.2 Å². The molecule has 17 heavy (non-hydrogen) atoms. The lowest BCUT2D eigenvalue weighted by Crippen LogP contribution is -2.50. The average molecular weight is 236 g/mol. The summed E-state index contributed by atoms with van der Waals surface area (Å²) in [6.45, 7) is 5.69. The second-order valence-electron chi connectivity index (χ2n) is 4.27. The Labute approximate surface area is 102 Å². The van der Waals surface area contributed by atoms with E-state index >= 15 is 0 Å². The Morgan fingerprint density at radius 3 is 2.59 bits per heavy atom. The van der Waals surface area contributed by atoms with E-state index in [-0.39, 0.29) is 12.5 Å². The smallest absolute Gasteiger partial charge is 0.270 e. The summed E-state index contributed by atoms with van der Waals surface area (Å²) in [6.07, 6.45) is 2.98. The van der Waals surface area contributed by atoms with E-state index in [0.717, 1.165) is 5.56 Å². The van der Waals surface area contributed by atoms with E-state index in [9.17, 15) is 9.90 Å². The Morgan fingerprint density at radius 2 is 2.12 bits per heavy atom. The van der Waals surface area contributed by atoms with Crippen LogP contribution in [0.2, 0.25) is 0 Å². The SMILES string of the molecule is CCC(CC)(CO)NC(=O)c1ncccc1C. The molecule has 0 spiro atoms. The predicted molar refractivity (Wildman–Crippen MR) is 66.8 cm³/mol. The topological polar surface area (TPSA) is 62.2 Å². The van der Waals surface area contributed by atoms with Gasteiger partial charge in [-0.05, 0) is 31.4 Å². The van der Waals surface area contributed by atoms with Crippen LogP contribution in [0, 0.1) is 6.92 Å². The number of rotatable bonds is 5. The fourth-order valence-corrected chi connectivity index (χ4v) is 1.71. The van der Waals surface area contributed by atoms with E-state index in [1.807, 2.05) is 26.8 Å². The van der Waals surface area contributed by atoms with Gasteiger partial charge in [-0.1, -0.05) is 19.9 Å². The van der Waals surface area contributed by atoms with Gasteiger partial charge in [-0.2, -0.15) is 0 Å². The first-order chi connectivity index (χ1) is 8.08. The molecule has 94 valence electrons. The van der Waals surface area contributed by atoms with Crippen LogP contribution in [0.15, 0.2) is 18.3 Å². The monoisotopic (exact) mass is 236 g/mol. The number of aryl methyl sites for hydroxylation is 1. The van der Waals surface area contributed by atoms with E-state index in [4.69, 9.17) is 0 Å². The lowest BCUT2D eigenvalue weighted by molar-refractivity contribution is 0.0812. The zero-order valence-electron chi connectivity index (χ0n) is 10.7. The lowest BCUT2D eigenvalue weighted by Gasteiger charge is -2.30. The summed E-state index contributed by atoms with van der Waals surface area (Å²) in [5, 5.41) is 12.3. The maximum atomic E-state index is 12.1. The number of nitrogens with zero attached hydrogens (tertiary/aromatic N) is 1. The Hall–Kier alpha value is -1.42. The fraction of sp³-hybridized carbons (Fsp3) is 0.538. The number of carbonyl (C=O) groups excluding carboxylic acids is 1. The Morgan fingerprint density at radius 1 is 1.47 bits per heavy atom. The molecule has 0 atom stereocenters. The molecule has 0 saturated heterocycles. The van der Waals surface area contributed by atoms with Crippen molar-refractivity contribution in [3.05, 3.63) is 29.6 Å². The molecular weight excluding hydrogens is 216 g/mol. The molecule has 0 fully saturated rings. The Bertz CT molecular complexity index is 378. The van der Waals surface area contributed by atoms with Gasteiger partial charge in [0.05, 0.1) is 12.1 Å². The van der Waals surface area contributed by atoms with Gasteiger partial charge >= 0.3 is 0 Å². The highest BCUT2D eigenvalue weighted by Crippen LogP contribution is 2.15. The molecular formula is C13H20N2O2. The van der Waals surface area contributed by atoms with Gasteiger partial charge in [-0.3, -0.25) is 9.78 Å². The van der Waals surface area contributed by atoms with Crippen molar-refractivity contribution in [1.82, 2.24) is 10.3 Å². The van der Waals surface area contributed by atoms with Gasteiger partial charge in [0, 0.05) is 6.20 Å². The van der Waals surface area contributed by atoms with Crippen LogP contribution in [0.4, 0.5) is 0 Å². The molecule has 0 aliphatic carbocycles. The predicted octanol–water partition coefficient (Wildman–Crippen LogP) is 1.67. The first-order valence-electron chi connectivity index (χ1n) is 5.93. The number of hydrogen-bond donors (Lipinski definition) is 2. The van der Waals surface area contributed by atoms with Crippen molar-refractivity contribution in [2.75, 3.05) is 6.61 Å². The molecule has 1 aromatic heterocycles. The molecule has 0 aliphatic heterocycles. The van der Waals surface area contributed by atoms with Gasteiger partial charge < -0.3 is 10.4 Å². The second kappa shape index (κ2) is 5.77. The standard InChI is InChI=1S/C13H20N2O2/c1-4-13(5-2,9-16)15-12(17)11-10(3)7-6-8-14-11/h6-8,16H,4-5,9H2,1-3H3,(H,15,17). The maximum absolute atomic E-state index is 12.1. The van der Waals surface area contributed by atoms with Gasteiger partial charge in [0.1, 0.15) is 5.69 Å². The number of amides is 1. The number of aliphatic hydroxyl groups excluding tert-OH is 1. The molecule has 1 rings (SSSR count). The van der Waals surface area contributed by atoms with Crippen molar-refractivity contribution in [2.24, 2.45) is 0 Å². The zero-order chi connectivity index (χ0) is 12.9. The molecule has 1 amide bonds. The van der Waals surface area contributed by atoms with Gasteiger partial charge in [0.15, 0.2) is 0 Å². The number of pyridine rings is 1. The number of nitrogens with one attached hydrogen (secondary N) is 1. The van der Waals surface area contributed by atoms with Crippen LogP contribution in [0.25, 0.3) is 0 Å². The summed E-state index contributed by atoms with van der Waals surface area (Å²) in [5.74, 6) is -0.221. The highest BCUT2D eigenvalue weighted by molar-refractivity contribution is 5.94. The van der Waals surface area contributed by atoms with Gasteiger partial charge in [-0.15, -0.1) is 0 Å². The highest BCUT2D eigenvalue weighted by atomic mass is 16.3. The summed E-state index contributed by atoms with van der Waals surface area (Å²) in [5.41, 5.74) is 0.720. The van der Waals surface area contributed by atoms with Crippen molar-refractivity contribution in [3.63, 3.8) is 0 Å². The van der Waals surface area contributed by atoms with Gasteiger partial charge in [0.2, 0.25) is 0 Å². The molecule has 0 aromatic carbocycles. The minimum Gasteiger partial charge on any atom is -0.394 e. The Balaban J connectivity index is 2.89. The summed E-state index contributed by atoms with van der Waals surface area (Å²) >= 11 is 0. The summed E-state index contributed by atoms with van der Waals surface area (Å²) in [4.78, 5) is 16.1. The normalized spacial score (nSPS) is 11.3. The van der Waals surface area contributed by atoms with Crippen LogP contribution < -0.4 is 5.32 Å². The van der Waals surface area contributed by atoms with Crippen LogP contribution in [-0.2, 0) is 0 Å². The molecule has 2 N–H and O–H groups in total. The molecule has 1 heterocycles. The van der Waals surface area contributed by atoms with Crippen molar-refractivity contribution in [1.29, 1.82) is 0 Å². The largest absolute Gasteiger partial charge is 0.394 e. The van der Waals surface area contributed by atoms with E-state index in [0.29, 0.717) is 18.5 Å². The van der Waals surface area contributed by atoms with Crippen LogP contribution in [0.3, 0.4) is 0 Å².